The van der Waals surface area contributed by atoms with E-state index in [-0.39, 0.29) is 40.4 Å². The van der Waals surface area contributed by atoms with Crippen LogP contribution in [-0.4, -0.2) is 32.8 Å². The Bertz CT molecular complexity index is 1340. The van der Waals surface area contributed by atoms with Crippen LogP contribution in [0.5, 0.6) is 0 Å². The van der Waals surface area contributed by atoms with Crippen LogP contribution < -0.4 is 21.5 Å². The Hall–Kier alpha value is -3.74. The molecule has 1 fully saturated rings. The molecule has 170 valence electrons. The van der Waals surface area contributed by atoms with Crippen LogP contribution in [0.2, 0.25) is 0 Å². The van der Waals surface area contributed by atoms with E-state index in [0.29, 0.717) is 11.6 Å². The molecule has 0 aliphatic carbocycles. The molecule has 1 aliphatic heterocycles. The Morgan fingerprint density at radius 1 is 1.21 bits per heavy atom. The predicted octanol–water partition coefficient (Wildman–Crippen LogP) is 2.13. The summed E-state index contributed by atoms with van der Waals surface area (Å²) >= 11 is 2.99. The highest BCUT2D eigenvalue weighted by molar-refractivity contribution is 9.10. The zero-order chi connectivity index (χ0) is 23.7. The van der Waals surface area contributed by atoms with Crippen molar-refractivity contribution in [3.63, 3.8) is 0 Å². The first-order valence-electron chi connectivity index (χ1n) is 9.64. The van der Waals surface area contributed by atoms with Crippen molar-refractivity contribution in [3.05, 3.63) is 62.4 Å². The summed E-state index contributed by atoms with van der Waals surface area (Å²) in [5, 5.41) is 15.0. The monoisotopic (exact) mass is 520 g/mol. The summed E-state index contributed by atoms with van der Waals surface area (Å²) in [4.78, 5) is 48.2. The molecule has 33 heavy (non-hydrogen) atoms. The second kappa shape index (κ2) is 9.02. The van der Waals surface area contributed by atoms with Crippen LogP contribution in [0.15, 0.2) is 39.6 Å². The molecule has 13 heteroatoms. The van der Waals surface area contributed by atoms with E-state index in [2.05, 4.69) is 42.2 Å². The first-order valence-corrected chi connectivity index (χ1v) is 10.4. The lowest BCUT2D eigenvalue weighted by Crippen LogP contribution is -2.45. The maximum Gasteiger partial charge on any atom is 0.319 e. The molecule has 2 aromatic carbocycles. The fourth-order valence-corrected chi connectivity index (χ4v) is 3.84. The van der Waals surface area contributed by atoms with Crippen molar-refractivity contribution in [2.75, 3.05) is 5.32 Å². The Kier molecular flexibility index (Phi) is 6.14. The van der Waals surface area contributed by atoms with E-state index in [1.165, 1.54) is 12.1 Å². The SMILES string of the molecule is O=C1CCC(n2nnc3cc(CNC(=O)Nc4c(F)cc(F)cc4Br)ccc3c2=O)C(=O)N1. The van der Waals surface area contributed by atoms with Crippen LogP contribution in [0.25, 0.3) is 10.9 Å². The van der Waals surface area contributed by atoms with E-state index in [0.717, 1.165) is 10.7 Å². The third-order valence-electron chi connectivity index (χ3n) is 4.95. The van der Waals surface area contributed by atoms with Gasteiger partial charge in [0.2, 0.25) is 5.91 Å². The third-order valence-corrected chi connectivity index (χ3v) is 5.58. The Labute approximate surface area is 192 Å². The molecule has 4 rings (SSSR count). The number of imide groups is 1. The van der Waals surface area contributed by atoms with E-state index < -0.39 is 41.1 Å². The van der Waals surface area contributed by atoms with Gasteiger partial charge in [-0.2, -0.15) is 4.68 Å². The number of hydrogen-bond donors (Lipinski definition) is 3. The normalized spacial score (nSPS) is 15.9. The van der Waals surface area contributed by atoms with Crippen LogP contribution in [0.1, 0.15) is 24.4 Å². The molecule has 3 N–H and O–H groups in total. The highest BCUT2D eigenvalue weighted by Gasteiger charge is 2.30. The second-order valence-electron chi connectivity index (χ2n) is 7.21. The largest absolute Gasteiger partial charge is 0.334 e. The van der Waals surface area contributed by atoms with Gasteiger partial charge in [0.05, 0.1) is 11.1 Å². The minimum Gasteiger partial charge on any atom is -0.334 e. The number of fused-ring (bicyclic) bond motifs is 1. The van der Waals surface area contributed by atoms with Gasteiger partial charge in [-0.15, -0.1) is 5.10 Å². The number of amides is 4. The molecule has 2 heterocycles. The number of aromatic nitrogens is 3. The van der Waals surface area contributed by atoms with Gasteiger partial charge in [0, 0.05) is 23.5 Å². The highest BCUT2D eigenvalue weighted by Crippen LogP contribution is 2.26. The summed E-state index contributed by atoms with van der Waals surface area (Å²) in [6, 6.07) is 4.60. The minimum absolute atomic E-state index is 0.0140. The van der Waals surface area contributed by atoms with E-state index in [1.807, 2.05) is 0 Å². The number of carbonyl (C=O) groups excluding carboxylic acids is 3. The summed E-state index contributed by atoms with van der Waals surface area (Å²) in [5.74, 6) is -2.75. The first kappa shape index (κ1) is 22.5. The Morgan fingerprint density at radius 3 is 2.73 bits per heavy atom. The van der Waals surface area contributed by atoms with E-state index >= 15 is 0 Å². The standard InChI is InChI=1S/C20H15BrF2N6O4/c21-12-6-10(22)7-13(23)17(12)26-20(33)24-8-9-1-2-11-14(5-9)27-28-29(19(11)32)15-3-4-16(30)25-18(15)31/h1-2,5-7,15H,3-4,8H2,(H2,24,26,33)(H,25,30,31). The predicted molar refractivity (Wildman–Crippen MR) is 115 cm³/mol. The first-order chi connectivity index (χ1) is 15.7. The van der Waals surface area contributed by atoms with Crippen LogP contribution >= 0.6 is 15.9 Å². The van der Waals surface area contributed by atoms with Crippen LogP contribution in [0.4, 0.5) is 19.3 Å². The number of nitrogens with one attached hydrogen (secondary N) is 3. The van der Waals surface area contributed by atoms with Crippen molar-refractivity contribution >= 4 is 50.4 Å². The number of carbonyl (C=O) groups is 3. The quantitative estimate of drug-likeness (QED) is 0.451. The smallest absolute Gasteiger partial charge is 0.319 e. The average Bonchev–Trinajstić information content (AvgIpc) is 2.75. The van der Waals surface area contributed by atoms with Crippen molar-refractivity contribution < 1.29 is 23.2 Å². The zero-order valence-corrected chi connectivity index (χ0v) is 18.3. The van der Waals surface area contributed by atoms with Crippen LogP contribution in [-0.2, 0) is 16.1 Å². The van der Waals surface area contributed by atoms with Gasteiger partial charge >= 0.3 is 6.03 Å². The summed E-state index contributed by atoms with van der Waals surface area (Å²) < 4.78 is 28.0. The van der Waals surface area contributed by atoms with Gasteiger partial charge in [0.25, 0.3) is 11.5 Å². The number of hydrogen-bond acceptors (Lipinski definition) is 6. The lowest BCUT2D eigenvalue weighted by Gasteiger charge is -2.21. The number of rotatable bonds is 4. The van der Waals surface area contributed by atoms with Gasteiger partial charge < -0.3 is 10.6 Å². The van der Waals surface area contributed by atoms with Gasteiger partial charge in [0.1, 0.15) is 17.4 Å². The molecule has 1 aromatic heterocycles. The van der Waals surface area contributed by atoms with E-state index in [4.69, 9.17) is 0 Å². The summed E-state index contributed by atoms with van der Waals surface area (Å²) in [6.45, 7) is 0.0140. The van der Waals surface area contributed by atoms with Gasteiger partial charge in [-0.1, -0.05) is 11.3 Å². The summed E-state index contributed by atoms with van der Waals surface area (Å²) in [7, 11) is 0. The zero-order valence-electron chi connectivity index (χ0n) is 16.7. The summed E-state index contributed by atoms with van der Waals surface area (Å²) in [6.07, 6.45) is 0.236. The lowest BCUT2D eigenvalue weighted by molar-refractivity contribution is -0.136. The number of urea groups is 1. The molecule has 0 spiro atoms. The molecular weight excluding hydrogens is 506 g/mol. The van der Waals surface area contributed by atoms with E-state index in [9.17, 15) is 28.0 Å². The molecule has 0 bridgehead atoms. The molecule has 1 atom stereocenters. The molecule has 1 unspecified atom stereocenters. The molecule has 0 saturated carbocycles. The molecular formula is C20H15BrF2N6O4. The number of benzene rings is 2. The van der Waals surface area contributed by atoms with E-state index in [1.54, 1.807) is 6.07 Å². The third kappa shape index (κ3) is 4.72. The fraction of sp³-hybridized carbons (Fsp3) is 0.200. The topological polar surface area (TPSA) is 135 Å². The van der Waals surface area contributed by atoms with Crippen LogP contribution in [0.3, 0.4) is 0 Å². The van der Waals surface area contributed by atoms with Gasteiger partial charge in [-0.25, -0.2) is 13.6 Å². The molecule has 1 aliphatic rings. The van der Waals surface area contributed by atoms with Gasteiger partial charge in [-0.3, -0.25) is 19.7 Å². The molecule has 4 amide bonds. The number of piperidine rings is 1. The number of halogens is 3. The van der Waals surface area contributed by atoms with Gasteiger partial charge in [-0.05, 0) is 46.1 Å². The summed E-state index contributed by atoms with van der Waals surface area (Å²) in [5.41, 5.74) is 0.0648. The van der Waals surface area contributed by atoms with Crippen LogP contribution in [0, 0.1) is 11.6 Å². The van der Waals surface area contributed by atoms with Crippen molar-refractivity contribution in [2.24, 2.45) is 0 Å². The Balaban J connectivity index is 1.48. The van der Waals surface area contributed by atoms with Gasteiger partial charge in [0.15, 0.2) is 5.82 Å². The minimum atomic E-state index is -0.940. The maximum atomic E-state index is 13.9. The average molecular weight is 521 g/mol. The second-order valence-corrected chi connectivity index (χ2v) is 8.06. The van der Waals surface area contributed by atoms with Crippen molar-refractivity contribution in [1.82, 2.24) is 25.6 Å². The molecule has 3 aromatic rings. The lowest BCUT2D eigenvalue weighted by atomic mass is 10.1. The Morgan fingerprint density at radius 2 is 2.00 bits per heavy atom. The van der Waals surface area contributed by atoms with Crippen molar-refractivity contribution in [3.8, 4) is 0 Å². The maximum absolute atomic E-state index is 13.9. The highest BCUT2D eigenvalue weighted by atomic mass is 79.9. The number of anilines is 1. The molecule has 1 saturated heterocycles. The molecule has 0 radical (unpaired) electrons. The molecule has 10 nitrogen and oxygen atoms in total. The van der Waals surface area contributed by atoms with Crippen molar-refractivity contribution in [2.45, 2.75) is 25.4 Å². The number of nitrogens with zero attached hydrogens (tertiary/aromatic N) is 3. The van der Waals surface area contributed by atoms with Crippen molar-refractivity contribution in [1.29, 1.82) is 0 Å². The fourth-order valence-electron chi connectivity index (χ4n) is 3.33.